The van der Waals surface area contributed by atoms with Gasteiger partial charge in [0.25, 0.3) is 0 Å². The molecule has 2 aliphatic heterocycles. The van der Waals surface area contributed by atoms with Crippen LogP contribution in [-0.4, -0.2) is 120 Å². The Morgan fingerprint density at radius 2 is 0.882 bits per heavy atom. The number of nitrogens with zero attached hydrogens (tertiary/aromatic N) is 2. The Labute approximate surface area is 467 Å². The van der Waals surface area contributed by atoms with Crippen LogP contribution in [0.5, 0.6) is 0 Å². The van der Waals surface area contributed by atoms with Gasteiger partial charge >= 0.3 is 0 Å². The van der Waals surface area contributed by atoms with Gasteiger partial charge in [-0.3, -0.25) is 38.4 Å². The summed E-state index contributed by atoms with van der Waals surface area (Å²) in [4.78, 5) is 115. The van der Waals surface area contributed by atoms with Crippen LogP contribution in [0.1, 0.15) is 138 Å². The molecule has 0 aliphatic carbocycles. The number of nitrogens with two attached hydrogens (primary N) is 1. The average molecular weight is 1120 g/mol. The summed E-state index contributed by atoms with van der Waals surface area (Å²) in [5.41, 5.74) is 8.71. The van der Waals surface area contributed by atoms with Gasteiger partial charge < -0.3 is 47.4 Å². The number of nitrogen functional groups attached to an aromatic ring is 1. The Morgan fingerprint density at radius 1 is 0.539 bits per heavy atom. The molecular weight excluding hydrogens is 1030 g/mol. The molecule has 3 aromatic rings. The quantitative estimate of drug-likeness (QED) is 0.0397. The third kappa shape index (κ3) is 17.2. The van der Waals surface area contributed by atoms with Crippen molar-refractivity contribution in [2.24, 2.45) is 23.7 Å². The first kappa shape index (κ1) is 66.5. The molecule has 0 radical (unpaired) electrons. The molecule has 0 bridgehead atoms. The summed E-state index contributed by atoms with van der Waals surface area (Å²) in [5.74, 6) is -4.40. The highest BCUT2D eigenvalue weighted by molar-refractivity contribution is 6.03. The molecule has 2 fully saturated rings. The lowest BCUT2D eigenvalue weighted by molar-refractivity contribution is -0.143. The van der Waals surface area contributed by atoms with Gasteiger partial charge in [0.2, 0.25) is 35.4 Å². The molecule has 17 nitrogen and oxygen atoms in total. The number of Topliss-reactive ketones (excluding diaryl/α,β-unsaturated/α-hetero) is 2. The highest BCUT2D eigenvalue weighted by Gasteiger charge is 2.46. The van der Waals surface area contributed by atoms with Crippen LogP contribution in [0.4, 0.5) is 5.69 Å². The summed E-state index contributed by atoms with van der Waals surface area (Å²) in [7, 11) is 3.30. The van der Waals surface area contributed by atoms with Crippen molar-refractivity contribution in [2.75, 3.05) is 32.9 Å². The zero-order chi connectivity index (χ0) is 53.7. The van der Waals surface area contributed by atoms with Crippen LogP contribution < -0.4 is 37.6 Å². The monoisotopic (exact) mass is 1110 g/mol. The van der Waals surface area contributed by atoms with Crippen molar-refractivity contribution in [3.05, 3.63) is 101 Å². The number of hydrogen-bond donors (Lipinski definition) is 7. The average Bonchev–Trinajstić information content (AvgIpc) is 4.03. The SMILES string of the molecule is CC[C@H](C)[C@H](NC(=O)[C@H](C)NC)C(=O)N1C[C@@H](CC(=O)c2cc(N)cc(C(=O)C[C@H]3C[C@@H](C(=O)N[C@H](C)c4ccccc4)N(C(=O)[C@@H](NC(=O)[C@H](C)NC)[C@@H](C)CC)C3)c2)C[C@H]1C(=O)N[C@H](C)c1ccccc1.Cl.Cl.Cl. The molecule has 20 heteroatoms. The van der Waals surface area contributed by atoms with E-state index in [0.29, 0.717) is 12.8 Å². The number of likely N-dealkylation sites (N-methyl/N-ethyl adjacent to an activating group) is 2. The van der Waals surface area contributed by atoms with E-state index in [4.69, 9.17) is 5.73 Å². The predicted octanol–water partition coefficient (Wildman–Crippen LogP) is 6.15. The molecule has 3 aromatic carbocycles. The van der Waals surface area contributed by atoms with Crippen molar-refractivity contribution in [1.82, 2.24) is 41.7 Å². The third-order valence-electron chi connectivity index (χ3n) is 15.0. The topological polar surface area (TPSA) is 241 Å². The van der Waals surface area contributed by atoms with Gasteiger partial charge in [0.1, 0.15) is 24.2 Å². The first-order valence-electron chi connectivity index (χ1n) is 25.9. The van der Waals surface area contributed by atoms with Crippen molar-refractivity contribution in [1.29, 1.82) is 0 Å². The molecule has 0 spiro atoms. The number of ketones is 2. The second kappa shape index (κ2) is 31.0. The van der Waals surface area contributed by atoms with E-state index < -0.39 is 59.9 Å². The first-order chi connectivity index (χ1) is 34.7. The molecule has 2 heterocycles. The van der Waals surface area contributed by atoms with Crippen molar-refractivity contribution >= 4 is 89.9 Å². The lowest BCUT2D eigenvalue weighted by Crippen LogP contribution is -2.57. The Balaban J connectivity index is 0.00000659. The molecule has 6 amide bonds. The molecule has 5 rings (SSSR count). The Bertz CT molecular complexity index is 2280. The van der Waals surface area contributed by atoms with Gasteiger partial charge in [-0.15, -0.1) is 37.2 Å². The van der Waals surface area contributed by atoms with Gasteiger partial charge in [-0.25, -0.2) is 0 Å². The summed E-state index contributed by atoms with van der Waals surface area (Å²) in [6.07, 6.45) is 1.39. The Kier molecular flexibility index (Phi) is 27.1. The molecule has 0 saturated carbocycles. The van der Waals surface area contributed by atoms with Gasteiger partial charge in [0, 0.05) is 42.7 Å². The fourth-order valence-electron chi connectivity index (χ4n) is 9.67. The Hall–Kier alpha value is -5.59. The number of carbonyl (C=O) groups is 8. The highest BCUT2D eigenvalue weighted by Crippen LogP contribution is 2.33. The second-order valence-electron chi connectivity index (χ2n) is 20.4. The van der Waals surface area contributed by atoms with Crippen LogP contribution in [0.2, 0.25) is 0 Å². The fraction of sp³-hybridized carbons (Fsp3) is 0.536. The van der Waals surface area contributed by atoms with Crippen molar-refractivity contribution < 1.29 is 38.4 Å². The van der Waals surface area contributed by atoms with E-state index in [1.54, 1.807) is 27.9 Å². The molecule has 76 heavy (non-hydrogen) atoms. The summed E-state index contributed by atoms with van der Waals surface area (Å²) in [6, 6.07) is 17.8. The van der Waals surface area contributed by atoms with E-state index in [1.165, 1.54) is 28.0 Å². The van der Waals surface area contributed by atoms with E-state index in [1.807, 2.05) is 102 Å². The molecule has 12 atom stereocenters. The number of hydrogen-bond acceptors (Lipinski definition) is 11. The van der Waals surface area contributed by atoms with E-state index >= 15 is 0 Å². The highest BCUT2D eigenvalue weighted by atomic mass is 35.5. The van der Waals surface area contributed by atoms with E-state index in [0.717, 1.165) is 11.1 Å². The van der Waals surface area contributed by atoms with Gasteiger partial charge in [0.05, 0.1) is 24.2 Å². The zero-order valence-electron chi connectivity index (χ0n) is 45.6. The summed E-state index contributed by atoms with van der Waals surface area (Å²) in [6.45, 7) is 14.9. The molecule has 2 saturated heterocycles. The van der Waals surface area contributed by atoms with Gasteiger partial charge in [0.15, 0.2) is 11.6 Å². The maximum atomic E-state index is 14.6. The predicted molar refractivity (Wildman–Crippen MR) is 304 cm³/mol. The number of carbonyl (C=O) groups excluding carboxylic acids is 8. The number of benzene rings is 3. The lowest BCUT2D eigenvalue weighted by atomic mass is 9.92. The minimum absolute atomic E-state index is 0. The van der Waals surface area contributed by atoms with Crippen LogP contribution in [0, 0.1) is 23.7 Å². The number of likely N-dealkylation sites (tertiary alicyclic amines) is 2. The van der Waals surface area contributed by atoms with Crippen molar-refractivity contribution in [2.45, 2.75) is 142 Å². The van der Waals surface area contributed by atoms with Gasteiger partial charge in [-0.05, 0) is 108 Å². The molecule has 0 aromatic heterocycles. The van der Waals surface area contributed by atoms with E-state index in [9.17, 15) is 38.4 Å². The van der Waals surface area contributed by atoms with Crippen LogP contribution in [0.3, 0.4) is 0 Å². The summed E-state index contributed by atoms with van der Waals surface area (Å²) < 4.78 is 0. The molecule has 2 aliphatic rings. The van der Waals surface area contributed by atoms with Crippen molar-refractivity contribution in [3.8, 4) is 0 Å². The maximum Gasteiger partial charge on any atom is 0.246 e. The van der Waals surface area contributed by atoms with E-state index in [-0.39, 0.29) is 152 Å². The largest absolute Gasteiger partial charge is 0.399 e. The summed E-state index contributed by atoms with van der Waals surface area (Å²) >= 11 is 0. The van der Waals surface area contributed by atoms with Crippen LogP contribution in [0.25, 0.3) is 0 Å². The standard InChI is InChI=1S/C56H79N9O8.3ClH/c1-11-32(3)49(62-51(68)36(7)58-9)55(72)64-30-38(23-45(64)53(70)60-34(5)40-19-15-13-16-20-40)25-47(66)42-27-43(29-44(57)28-42)48(67)26-39-24-46(54(71)61-35(6)41-21-17-14-18-22-41)65(31-39)56(73)50(33(4)12-2)63-52(69)37(8)59-10;;;/h13-22,27-29,32-39,45-46,49-50,58-59H,11-12,23-26,30-31,57H2,1-10H3,(H,60,70)(H,61,71)(H,62,68)(H,63,69);3*1H/t32-,33-,34+,35+,36-,37-,38+,39+,45-,46-,49-,50-;;;/m0.../s1. The lowest BCUT2D eigenvalue weighted by Gasteiger charge is -2.32. The molecular formula is C56H82Cl3N9O8. The second-order valence-corrected chi connectivity index (χ2v) is 20.4. The number of rotatable bonds is 24. The third-order valence-corrected chi connectivity index (χ3v) is 15.0. The normalized spacial score (nSPS) is 20.0. The zero-order valence-corrected chi connectivity index (χ0v) is 48.0. The minimum Gasteiger partial charge on any atom is -0.399 e. The number of nitrogens with one attached hydrogen (secondary N) is 6. The summed E-state index contributed by atoms with van der Waals surface area (Å²) in [5, 5.41) is 17.8. The molecule has 420 valence electrons. The van der Waals surface area contributed by atoms with Gasteiger partial charge in [-0.1, -0.05) is 101 Å². The first-order valence-corrected chi connectivity index (χ1v) is 25.9. The number of amides is 6. The molecule has 8 N–H and O–H groups in total. The van der Waals surface area contributed by atoms with E-state index in [2.05, 4.69) is 31.9 Å². The Morgan fingerprint density at radius 3 is 1.20 bits per heavy atom. The smallest absolute Gasteiger partial charge is 0.246 e. The van der Waals surface area contributed by atoms with Crippen LogP contribution in [-0.2, 0) is 28.8 Å². The minimum atomic E-state index is -0.932. The fourth-order valence-corrected chi connectivity index (χ4v) is 9.67. The van der Waals surface area contributed by atoms with Crippen molar-refractivity contribution in [3.63, 3.8) is 0 Å². The number of halogens is 3. The van der Waals surface area contributed by atoms with Crippen LogP contribution in [0.15, 0.2) is 78.9 Å². The maximum absolute atomic E-state index is 14.6. The number of anilines is 1. The molecule has 0 unspecified atom stereocenters. The van der Waals surface area contributed by atoms with Crippen LogP contribution >= 0.6 is 37.2 Å². The van der Waals surface area contributed by atoms with Gasteiger partial charge in [-0.2, -0.15) is 0 Å².